The molecule has 2 N–H and O–H groups in total. The predicted molar refractivity (Wildman–Crippen MR) is 101 cm³/mol. The highest BCUT2D eigenvalue weighted by molar-refractivity contribution is 5.95. The lowest BCUT2D eigenvalue weighted by Crippen LogP contribution is -2.56. The highest BCUT2D eigenvalue weighted by Crippen LogP contribution is 2.17. The second-order valence-electron chi connectivity index (χ2n) is 5.75. The van der Waals surface area contributed by atoms with E-state index in [0.717, 1.165) is 12.8 Å². The number of nitrogens with one attached hydrogen (secondary N) is 2. The van der Waals surface area contributed by atoms with Crippen LogP contribution >= 0.6 is 12.4 Å². The lowest BCUT2D eigenvalue weighted by atomic mass is 10.1. The topological polar surface area (TPSA) is 70.7 Å². The van der Waals surface area contributed by atoms with E-state index >= 15 is 0 Å². The fraction of sp³-hybridized carbons (Fsp3) is 0.444. The summed E-state index contributed by atoms with van der Waals surface area (Å²) in [6.45, 7) is 5.79. The van der Waals surface area contributed by atoms with Crippen LogP contribution in [-0.4, -0.2) is 49.5 Å². The van der Waals surface area contributed by atoms with E-state index in [9.17, 15) is 9.59 Å². The standard InChI is InChI=1S/C18H25N3O3.ClH/c1-3-4-5-10-21-11-9-19-16(18(21)23)13-17(22)20-14-7-6-8-15(12-14)24-2;/h3,6-8,12,16,19H,1,4-5,9-11,13H2,2H3,(H,20,22);1H. The first-order valence-corrected chi connectivity index (χ1v) is 8.21. The van der Waals surface area contributed by atoms with Gasteiger partial charge in [0, 0.05) is 31.4 Å². The lowest BCUT2D eigenvalue weighted by molar-refractivity contribution is -0.137. The van der Waals surface area contributed by atoms with Crippen molar-refractivity contribution in [1.82, 2.24) is 10.2 Å². The average Bonchev–Trinajstić information content (AvgIpc) is 2.58. The zero-order valence-electron chi connectivity index (χ0n) is 14.5. The largest absolute Gasteiger partial charge is 0.497 e. The van der Waals surface area contributed by atoms with Crippen LogP contribution in [0.5, 0.6) is 5.75 Å². The summed E-state index contributed by atoms with van der Waals surface area (Å²) < 4.78 is 5.13. The molecule has 138 valence electrons. The Bertz CT molecular complexity index is 595. The number of rotatable bonds is 8. The molecular weight excluding hydrogens is 342 g/mol. The minimum Gasteiger partial charge on any atom is -0.497 e. The number of halogens is 1. The molecule has 2 amide bonds. The fourth-order valence-corrected chi connectivity index (χ4v) is 2.70. The smallest absolute Gasteiger partial charge is 0.240 e. The molecule has 0 saturated carbocycles. The summed E-state index contributed by atoms with van der Waals surface area (Å²) in [6.07, 6.45) is 3.76. The van der Waals surface area contributed by atoms with E-state index in [1.165, 1.54) is 0 Å². The molecular formula is C18H26ClN3O3. The number of amides is 2. The van der Waals surface area contributed by atoms with Crippen LogP contribution < -0.4 is 15.4 Å². The number of benzene rings is 1. The number of methoxy groups -OCH3 is 1. The summed E-state index contributed by atoms with van der Waals surface area (Å²) >= 11 is 0. The molecule has 0 spiro atoms. The van der Waals surface area contributed by atoms with Gasteiger partial charge in [0.15, 0.2) is 0 Å². The van der Waals surface area contributed by atoms with Gasteiger partial charge in [0.05, 0.1) is 19.6 Å². The average molecular weight is 368 g/mol. The molecule has 2 rings (SSSR count). The minimum atomic E-state index is -0.465. The summed E-state index contributed by atoms with van der Waals surface area (Å²) in [6, 6.07) is 6.68. The van der Waals surface area contributed by atoms with Crippen LogP contribution in [0.25, 0.3) is 0 Å². The first-order chi connectivity index (χ1) is 11.6. The number of carbonyl (C=O) groups excluding carboxylic acids is 2. The molecule has 1 unspecified atom stereocenters. The Morgan fingerprint density at radius 2 is 2.32 bits per heavy atom. The van der Waals surface area contributed by atoms with Gasteiger partial charge >= 0.3 is 0 Å². The summed E-state index contributed by atoms with van der Waals surface area (Å²) in [5.74, 6) is 0.473. The number of ether oxygens (including phenoxy) is 1. The van der Waals surface area contributed by atoms with Crippen LogP contribution in [0.1, 0.15) is 19.3 Å². The van der Waals surface area contributed by atoms with Gasteiger partial charge in [-0.15, -0.1) is 19.0 Å². The van der Waals surface area contributed by atoms with Gasteiger partial charge in [-0.2, -0.15) is 0 Å². The Balaban J connectivity index is 0.00000312. The summed E-state index contributed by atoms with van der Waals surface area (Å²) in [5.41, 5.74) is 0.658. The van der Waals surface area contributed by atoms with Gasteiger partial charge in [-0.05, 0) is 25.0 Å². The lowest BCUT2D eigenvalue weighted by Gasteiger charge is -2.33. The van der Waals surface area contributed by atoms with Gasteiger partial charge in [-0.3, -0.25) is 9.59 Å². The minimum absolute atomic E-state index is 0. The monoisotopic (exact) mass is 367 g/mol. The molecule has 1 heterocycles. The van der Waals surface area contributed by atoms with Gasteiger partial charge < -0.3 is 20.3 Å². The third-order valence-electron chi connectivity index (χ3n) is 3.96. The van der Waals surface area contributed by atoms with Crippen molar-refractivity contribution in [1.29, 1.82) is 0 Å². The molecule has 0 aliphatic carbocycles. The maximum atomic E-state index is 12.4. The zero-order valence-corrected chi connectivity index (χ0v) is 15.3. The summed E-state index contributed by atoms with van der Waals surface area (Å²) in [5, 5.41) is 5.94. The van der Waals surface area contributed by atoms with Crippen molar-refractivity contribution >= 4 is 29.9 Å². The molecule has 0 bridgehead atoms. The molecule has 1 atom stereocenters. The Morgan fingerprint density at radius 1 is 1.52 bits per heavy atom. The molecule has 0 radical (unpaired) electrons. The highest BCUT2D eigenvalue weighted by Gasteiger charge is 2.29. The first kappa shape index (κ1) is 21.0. The van der Waals surface area contributed by atoms with Crippen molar-refractivity contribution in [2.75, 3.05) is 32.1 Å². The van der Waals surface area contributed by atoms with Crippen LogP contribution in [0, 0.1) is 0 Å². The number of carbonyl (C=O) groups is 2. The molecule has 1 fully saturated rings. The van der Waals surface area contributed by atoms with E-state index in [2.05, 4.69) is 17.2 Å². The molecule has 7 heteroatoms. The maximum absolute atomic E-state index is 12.4. The van der Waals surface area contributed by atoms with Crippen LogP contribution in [0.3, 0.4) is 0 Å². The molecule has 6 nitrogen and oxygen atoms in total. The molecule has 1 saturated heterocycles. The normalized spacial score (nSPS) is 16.8. The number of anilines is 1. The van der Waals surface area contributed by atoms with E-state index in [1.807, 2.05) is 17.0 Å². The van der Waals surface area contributed by atoms with Crippen molar-refractivity contribution in [2.45, 2.75) is 25.3 Å². The van der Waals surface area contributed by atoms with Crippen molar-refractivity contribution < 1.29 is 14.3 Å². The number of hydrogen-bond donors (Lipinski definition) is 2. The van der Waals surface area contributed by atoms with Crippen molar-refractivity contribution in [2.24, 2.45) is 0 Å². The fourth-order valence-electron chi connectivity index (χ4n) is 2.70. The van der Waals surface area contributed by atoms with Crippen molar-refractivity contribution in [3.05, 3.63) is 36.9 Å². The molecule has 1 aromatic rings. The van der Waals surface area contributed by atoms with Crippen LogP contribution in [0.4, 0.5) is 5.69 Å². The summed E-state index contributed by atoms with van der Waals surface area (Å²) in [4.78, 5) is 26.5. The van der Waals surface area contributed by atoms with E-state index in [4.69, 9.17) is 4.74 Å². The van der Waals surface area contributed by atoms with Crippen molar-refractivity contribution in [3.63, 3.8) is 0 Å². The first-order valence-electron chi connectivity index (χ1n) is 8.21. The summed E-state index contributed by atoms with van der Waals surface area (Å²) in [7, 11) is 1.58. The van der Waals surface area contributed by atoms with E-state index in [1.54, 1.807) is 25.3 Å². The van der Waals surface area contributed by atoms with Gasteiger partial charge in [0.1, 0.15) is 5.75 Å². The van der Waals surface area contributed by atoms with Gasteiger partial charge in [-0.25, -0.2) is 0 Å². The van der Waals surface area contributed by atoms with Crippen molar-refractivity contribution in [3.8, 4) is 5.75 Å². The van der Waals surface area contributed by atoms with Gasteiger partial charge in [-0.1, -0.05) is 12.1 Å². The quantitative estimate of drug-likeness (QED) is 0.546. The number of nitrogens with zero attached hydrogens (tertiary/aromatic N) is 1. The second-order valence-corrected chi connectivity index (χ2v) is 5.75. The van der Waals surface area contributed by atoms with Crippen LogP contribution in [0.2, 0.25) is 0 Å². The predicted octanol–water partition coefficient (Wildman–Crippen LogP) is 2.21. The maximum Gasteiger partial charge on any atom is 0.240 e. The molecule has 25 heavy (non-hydrogen) atoms. The third kappa shape index (κ3) is 6.40. The molecule has 1 aliphatic heterocycles. The zero-order chi connectivity index (χ0) is 17.4. The number of hydrogen-bond acceptors (Lipinski definition) is 4. The second kappa shape index (κ2) is 10.7. The van der Waals surface area contributed by atoms with Gasteiger partial charge in [0.25, 0.3) is 0 Å². The van der Waals surface area contributed by atoms with Crippen LogP contribution in [0.15, 0.2) is 36.9 Å². The Morgan fingerprint density at radius 3 is 3.04 bits per heavy atom. The SMILES string of the molecule is C=CCCCN1CCNC(CC(=O)Nc2cccc(OC)c2)C1=O.Cl. The molecule has 1 aliphatic rings. The number of unbranched alkanes of at least 4 members (excludes halogenated alkanes) is 1. The van der Waals surface area contributed by atoms with E-state index < -0.39 is 6.04 Å². The Labute approximate surface area is 155 Å². The number of allylic oxidation sites excluding steroid dienone is 1. The number of piperazine rings is 1. The van der Waals surface area contributed by atoms with E-state index in [0.29, 0.717) is 31.1 Å². The Kier molecular flexibility index (Phi) is 9.02. The molecule has 0 aromatic heterocycles. The highest BCUT2D eigenvalue weighted by atomic mass is 35.5. The Hall–Kier alpha value is -2.05. The van der Waals surface area contributed by atoms with Gasteiger partial charge in [0.2, 0.25) is 11.8 Å². The van der Waals surface area contributed by atoms with Crippen LogP contribution in [-0.2, 0) is 9.59 Å². The molecule has 1 aromatic carbocycles. The third-order valence-corrected chi connectivity index (χ3v) is 3.96. The van der Waals surface area contributed by atoms with E-state index in [-0.39, 0.29) is 30.6 Å².